The van der Waals surface area contributed by atoms with Crippen LogP contribution in [0.1, 0.15) is 0 Å². The largest absolute Gasteiger partial charge is 0.455 e. The van der Waals surface area contributed by atoms with Crippen LogP contribution in [0.2, 0.25) is 0 Å². The number of hydrogen-bond acceptors (Lipinski definition) is 11. The fourth-order valence-corrected chi connectivity index (χ4v) is 23.6. The van der Waals surface area contributed by atoms with Gasteiger partial charge < -0.3 is 22.5 Å². The van der Waals surface area contributed by atoms with Crippen molar-refractivity contribution in [1.29, 1.82) is 0 Å². The van der Waals surface area contributed by atoms with Crippen molar-refractivity contribution in [3.63, 3.8) is 0 Å². The number of benzene rings is 20. The normalized spacial score (nSPS) is 11.7. The first-order valence-electron chi connectivity index (χ1n) is 48.5. The molecule has 0 atom stereocenters. The Bertz CT molecular complexity index is 9710. The highest BCUT2D eigenvalue weighted by molar-refractivity contribution is 7.26. The fraction of sp³-hybridized carbons (Fsp3) is 0. The van der Waals surface area contributed by atoms with Gasteiger partial charge in [-0.25, -0.2) is 34.9 Å². The molecule has 0 aliphatic carbocycles. The third kappa shape index (κ3) is 14.7. The van der Waals surface area contributed by atoms with Crippen LogP contribution in [0, 0.1) is 0 Å². The first kappa shape index (κ1) is 84.1. The van der Waals surface area contributed by atoms with Crippen LogP contribution in [-0.4, -0.2) is 48.6 Å². The molecule has 145 heavy (non-hydrogen) atoms. The molecule has 0 amide bonds. The summed E-state index contributed by atoms with van der Waals surface area (Å²) in [7, 11) is 0. The van der Waals surface area contributed by atoms with Crippen molar-refractivity contribution in [2.24, 2.45) is 0 Å². The van der Waals surface area contributed by atoms with Gasteiger partial charge in [-0.15, -0.1) is 22.7 Å². The average Bonchev–Trinajstić information content (AvgIpc) is 1.58. The lowest BCUT2D eigenvalue weighted by Crippen LogP contribution is -2.00. The van der Waals surface area contributed by atoms with Crippen LogP contribution in [-0.2, 0) is 0 Å². The lowest BCUT2D eigenvalue weighted by atomic mass is 9.99. The van der Waals surface area contributed by atoms with Crippen molar-refractivity contribution >= 4 is 172 Å². The molecule has 0 N–H and O–H groups in total. The summed E-state index contributed by atoms with van der Waals surface area (Å²) >= 11 is 3.70. The number of rotatable bonds is 13. The quantitative estimate of drug-likeness (QED) is 0.111. The molecule has 12 nitrogen and oxygen atoms in total. The highest BCUT2D eigenvalue weighted by Crippen LogP contribution is 2.50. The van der Waals surface area contributed by atoms with Crippen LogP contribution >= 0.6 is 22.7 Å². The van der Waals surface area contributed by atoms with Crippen molar-refractivity contribution in [3.05, 3.63) is 485 Å². The molecule has 0 aliphatic rings. The molecule has 0 spiro atoms. The molecule has 10 aromatic heterocycles. The number of fused-ring (bicyclic) bond motifs is 21. The molecule has 678 valence electrons. The van der Waals surface area contributed by atoms with E-state index in [1.54, 1.807) is 0 Å². The third-order valence-corrected chi connectivity index (χ3v) is 30.3. The zero-order valence-corrected chi connectivity index (χ0v) is 79.4. The number of hydrogen-bond donors (Lipinski definition) is 0. The van der Waals surface area contributed by atoms with Gasteiger partial charge in [0.1, 0.15) is 28.0 Å². The van der Waals surface area contributed by atoms with E-state index in [4.69, 9.17) is 43.7 Å². The van der Waals surface area contributed by atoms with E-state index in [9.17, 15) is 0 Å². The minimum absolute atomic E-state index is 0.583. The molecule has 0 bridgehead atoms. The van der Waals surface area contributed by atoms with E-state index in [0.29, 0.717) is 34.7 Å². The molecule has 10 heterocycles. The van der Waals surface area contributed by atoms with E-state index in [0.717, 1.165) is 139 Å². The Morgan fingerprint density at radius 2 is 0.483 bits per heavy atom. The molecule has 0 saturated carbocycles. The Morgan fingerprint density at radius 1 is 0.179 bits per heavy atom. The molecule has 14 heteroatoms. The van der Waals surface area contributed by atoms with E-state index in [1.807, 2.05) is 144 Å². The summed E-state index contributed by atoms with van der Waals surface area (Å²) in [6, 6.07) is 170. The molecule has 0 fully saturated rings. The van der Waals surface area contributed by atoms with Crippen molar-refractivity contribution in [1.82, 2.24) is 48.6 Å². The van der Waals surface area contributed by atoms with Gasteiger partial charge in [-0.1, -0.05) is 364 Å². The van der Waals surface area contributed by atoms with Gasteiger partial charge in [0, 0.05) is 156 Å². The maximum Gasteiger partial charge on any atom is 0.180 e. The Labute approximate surface area is 839 Å². The van der Waals surface area contributed by atoms with Gasteiger partial charge in [-0.2, -0.15) is 0 Å². The van der Waals surface area contributed by atoms with E-state index in [-0.39, 0.29) is 0 Å². The molecular formula is C131H80N10O2S2. The van der Waals surface area contributed by atoms with Crippen molar-refractivity contribution in [2.45, 2.75) is 0 Å². The summed E-state index contributed by atoms with van der Waals surface area (Å²) in [5.41, 5.74) is 29.1. The molecule has 0 radical (unpaired) electrons. The standard InChI is InChI=1S/C46H29N3S.C45H28N4S.C40H23N3O2/c1-3-14-30(15-4-1)40-29-41(31-16-5-2-6-17-31)48-46(47-40)33-19-13-18-32(26-33)38-27-34(28-39-37-22-9-12-25-44(37)50-45(38)39)49-42-23-10-7-20-35(42)36-21-8-11-24-43(36)49;1-3-14-29(15-4-1)43-46-44(30-16-5-2-6-17-30)48-45(47-43)32-19-13-18-31(26-32)37-27-33(28-38-36-22-9-12-25-41(36)50-42(37)38)49-39-23-10-7-20-34(39)35-21-8-11-24-40(35)49;1-2-12-24(13-3-1)36-39-37(29-17-7-11-21-35(29)45-39)42-40(41-36)31-23-25(22-30-28-16-6-10-20-34(28)44-38(30)31)43-32-18-8-4-14-26(32)27-15-5-9-19-33(27)43/h1-29H;1-28H;1-23H. The summed E-state index contributed by atoms with van der Waals surface area (Å²) < 4.78 is 25.2. The highest BCUT2D eigenvalue weighted by atomic mass is 32.1. The molecule has 30 rings (SSSR count). The van der Waals surface area contributed by atoms with Gasteiger partial charge in [0.05, 0.1) is 50.1 Å². The lowest BCUT2D eigenvalue weighted by molar-refractivity contribution is 0.666. The van der Waals surface area contributed by atoms with Gasteiger partial charge in [-0.3, -0.25) is 0 Å². The maximum absolute atomic E-state index is 6.60. The maximum atomic E-state index is 6.60. The summed E-state index contributed by atoms with van der Waals surface area (Å²) in [6.45, 7) is 0. The van der Waals surface area contributed by atoms with E-state index >= 15 is 0 Å². The molecule has 0 unspecified atom stereocenters. The van der Waals surface area contributed by atoms with Gasteiger partial charge in [0.15, 0.2) is 34.7 Å². The predicted molar refractivity (Wildman–Crippen MR) is 602 cm³/mol. The molecule has 0 aliphatic heterocycles. The second kappa shape index (κ2) is 35.1. The van der Waals surface area contributed by atoms with Crippen LogP contribution < -0.4 is 0 Å². The Balaban J connectivity index is 0.000000106. The van der Waals surface area contributed by atoms with Gasteiger partial charge in [-0.05, 0) is 132 Å². The second-order valence-corrected chi connectivity index (χ2v) is 38.6. The van der Waals surface area contributed by atoms with Gasteiger partial charge in [0.2, 0.25) is 0 Å². The molecular weight excluding hydrogens is 1810 g/mol. The molecule has 30 aromatic rings. The van der Waals surface area contributed by atoms with Crippen molar-refractivity contribution in [2.75, 3.05) is 0 Å². The number of thiophene rings is 2. The van der Waals surface area contributed by atoms with Crippen LogP contribution in [0.5, 0.6) is 0 Å². The van der Waals surface area contributed by atoms with Gasteiger partial charge >= 0.3 is 0 Å². The Hall–Kier alpha value is -19.0. The zero-order valence-electron chi connectivity index (χ0n) is 77.8. The summed E-state index contributed by atoms with van der Waals surface area (Å²) in [4.78, 5) is 35.7. The Kier molecular flexibility index (Phi) is 20.4. The highest BCUT2D eigenvalue weighted by Gasteiger charge is 2.28. The monoisotopic (exact) mass is 1890 g/mol. The van der Waals surface area contributed by atoms with Crippen LogP contribution in [0.15, 0.2) is 494 Å². The zero-order chi connectivity index (χ0) is 95.5. The number of nitrogens with zero attached hydrogens (tertiary/aromatic N) is 10. The summed E-state index contributed by atoms with van der Waals surface area (Å²) in [6.07, 6.45) is 0. The van der Waals surface area contributed by atoms with Crippen LogP contribution in [0.3, 0.4) is 0 Å². The van der Waals surface area contributed by atoms with E-state index < -0.39 is 0 Å². The SMILES string of the molecule is c1ccc(-c2cc(-c3ccccc3)nc(-c3cccc(-c4cc(-n5c6ccccc6c6ccccc65)cc5c4sc4ccccc45)c3)n2)cc1.c1ccc(-c2nc(-c3cc(-n4c5ccccc5c5ccccc54)cc4c3oc3ccccc34)nc3c2oc2ccccc23)cc1.c1ccc(-c2nc(-c3ccccc3)nc(-c3cccc(-c4cc(-n5c6ccccc6c6ccccc65)cc5c4sc4ccccc45)c3)n2)cc1. The van der Waals surface area contributed by atoms with Gasteiger partial charge in [0.25, 0.3) is 0 Å². The minimum atomic E-state index is 0.583. The predicted octanol–water partition coefficient (Wildman–Crippen LogP) is 35.3. The number of furan rings is 2. The third-order valence-electron chi connectivity index (χ3n) is 27.8. The average molecular weight is 1890 g/mol. The fourth-order valence-electron chi connectivity index (χ4n) is 21.2. The summed E-state index contributed by atoms with van der Waals surface area (Å²) in [5.74, 6) is 3.24. The van der Waals surface area contributed by atoms with E-state index in [1.165, 1.54) is 106 Å². The topological polar surface area (TPSA) is 131 Å². The Morgan fingerprint density at radius 3 is 0.903 bits per heavy atom. The summed E-state index contributed by atoms with van der Waals surface area (Å²) in [5, 5.41) is 15.5. The smallest absolute Gasteiger partial charge is 0.180 e. The second-order valence-electron chi connectivity index (χ2n) is 36.4. The van der Waals surface area contributed by atoms with Crippen molar-refractivity contribution in [3.8, 4) is 130 Å². The first-order valence-corrected chi connectivity index (χ1v) is 50.2. The first-order chi connectivity index (χ1) is 71.9. The molecule has 20 aromatic carbocycles. The van der Waals surface area contributed by atoms with Crippen LogP contribution in [0.4, 0.5) is 0 Å². The number of para-hydroxylation sites is 8. The van der Waals surface area contributed by atoms with Crippen molar-refractivity contribution < 1.29 is 8.83 Å². The lowest BCUT2D eigenvalue weighted by Gasteiger charge is -2.13. The molecule has 0 saturated heterocycles. The van der Waals surface area contributed by atoms with E-state index in [2.05, 4.69) is 378 Å². The number of aromatic nitrogens is 10. The van der Waals surface area contributed by atoms with Crippen LogP contribution in [0.25, 0.3) is 280 Å². The minimum Gasteiger partial charge on any atom is -0.455 e.